The van der Waals surface area contributed by atoms with Gasteiger partial charge in [0.25, 0.3) is 0 Å². The van der Waals surface area contributed by atoms with Crippen LogP contribution in [-0.2, 0) is 6.18 Å². The van der Waals surface area contributed by atoms with E-state index < -0.39 is 19.7 Å². The van der Waals surface area contributed by atoms with Crippen LogP contribution in [0.2, 0.25) is 0 Å². The largest absolute Gasteiger partial charge is 0.416 e. The first kappa shape index (κ1) is 19.5. The van der Waals surface area contributed by atoms with E-state index in [9.17, 15) is 13.2 Å². The molecule has 0 unspecified atom stereocenters. The maximum Gasteiger partial charge on any atom is 0.416 e. The van der Waals surface area contributed by atoms with Crippen LogP contribution in [-0.4, -0.2) is 0 Å². The van der Waals surface area contributed by atoms with Gasteiger partial charge in [-0.2, -0.15) is 13.2 Å². The molecule has 0 atom stereocenters. The monoisotopic (exact) mass is 380 g/mol. The number of hydrogen-bond donors (Lipinski definition) is 0. The van der Waals surface area contributed by atoms with Gasteiger partial charge in [-0.25, -0.2) is 0 Å². The highest BCUT2D eigenvalue weighted by Crippen LogP contribution is 2.36. The van der Waals surface area contributed by atoms with Crippen molar-refractivity contribution in [1.29, 1.82) is 0 Å². The quantitative estimate of drug-likeness (QED) is 0.548. The van der Waals surface area contributed by atoms with Crippen LogP contribution in [0, 0.1) is 6.92 Å². The number of alkyl halides is 3. The lowest BCUT2D eigenvalue weighted by molar-refractivity contribution is -0.137. The summed E-state index contributed by atoms with van der Waals surface area (Å²) in [6.07, 6.45) is -4.34. The summed E-state index contributed by atoms with van der Waals surface area (Å²) in [5, 5.41) is 2.80. The van der Waals surface area contributed by atoms with Gasteiger partial charge in [-0.1, -0.05) is 66.7 Å². The van der Waals surface area contributed by atoms with E-state index in [0.29, 0.717) is 5.56 Å². The van der Waals surface area contributed by atoms with Gasteiger partial charge < -0.3 is 0 Å². The van der Waals surface area contributed by atoms with E-state index in [1.165, 1.54) is 12.1 Å². The van der Waals surface area contributed by atoms with Crippen LogP contribution in [0.1, 0.15) is 11.1 Å². The lowest BCUT2D eigenvalue weighted by Crippen LogP contribution is -2.22. The van der Waals surface area contributed by atoms with E-state index >= 15 is 0 Å². The minimum absolute atomic E-state index is 0. The highest BCUT2D eigenvalue weighted by Gasteiger charge is 2.32. The summed E-state index contributed by atoms with van der Waals surface area (Å²) >= 11 is 0. The Morgan fingerprint density at radius 1 is 0.680 bits per heavy atom. The van der Waals surface area contributed by atoms with E-state index in [2.05, 4.69) is 0 Å². The summed E-state index contributed by atoms with van der Waals surface area (Å²) in [6, 6.07) is 23.8. The third-order valence-electron chi connectivity index (χ3n) is 3.68. The molecule has 0 spiro atoms. The first-order valence-electron chi connectivity index (χ1n) is 7.54. The molecule has 0 aliphatic rings. The van der Waals surface area contributed by atoms with Gasteiger partial charge in [-0.3, -0.25) is 0 Å². The fraction of sp³-hybridized carbons (Fsp3) is 0.100. The number of rotatable bonds is 3. The van der Waals surface area contributed by atoms with Gasteiger partial charge in [0.05, 0.1) is 5.56 Å². The second kappa shape index (κ2) is 8.03. The maximum absolute atomic E-state index is 13.2. The highest BCUT2D eigenvalue weighted by molar-refractivity contribution is 7.79. The first-order valence-corrected chi connectivity index (χ1v) is 8.88. The fourth-order valence-electron chi connectivity index (χ4n) is 2.66. The van der Waals surface area contributed by atoms with E-state index in [0.717, 1.165) is 15.9 Å². The Bertz CT molecular complexity index is 778. The molecule has 0 amide bonds. The van der Waals surface area contributed by atoms with Gasteiger partial charge in [-0.05, 0) is 48.5 Å². The van der Waals surface area contributed by atoms with Crippen molar-refractivity contribution in [2.24, 2.45) is 0 Å². The molecule has 0 aliphatic heterocycles. The fourth-order valence-corrected chi connectivity index (χ4v) is 5.09. The number of halogens is 4. The van der Waals surface area contributed by atoms with Crippen molar-refractivity contribution >= 4 is 36.2 Å². The molecular weight excluding hydrogens is 364 g/mol. The normalized spacial score (nSPS) is 11.2. The van der Waals surface area contributed by atoms with Crippen LogP contribution in [0.3, 0.4) is 0 Å². The molecule has 0 bridgehead atoms. The van der Waals surface area contributed by atoms with Crippen LogP contribution >= 0.6 is 20.3 Å². The molecule has 3 aromatic rings. The van der Waals surface area contributed by atoms with E-state index in [4.69, 9.17) is 0 Å². The number of aryl methyl sites for hydroxylation is 1. The minimum Gasteiger partial charge on any atom is -0.166 e. The zero-order valence-electron chi connectivity index (χ0n) is 13.5. The van der Waals surface area contributed by atoms with Crippen molar-refractivity contribution in [3.63, 3.8) is 0 Å². The Labute approximate surface area is 152 Å². The average Bonchev–Trinajstić information content (AvgIpc) is 2.56. The lowest BCUT2D eigenvalue weighted by Gasteiger charge is -2.21. The molecule has 130 valence electrons. The molecule has 25 heavy (non-hydrogen) atoms. The zero-order chi connectivity index (χ0) is 17.2. The SMILES string of the molecule is Cc1cc(P(c2ccccc2)c2ccccc2)cc(C(F)(F)F)c1.Cl. The summed E-state index contributed by atoms with van der Waals surface area (Å²) < 4.78 is 39.7. The number of benzene rings is 3. The molecule has 0 N–H and O–H groups in total. The van der Waals surface area contributed by atoms with Crippen molar-refractivity contribution < 1.29 is 13.2 Å². The Hall–Kier alpha value is -1.83. The molecule has 0 saturated heterocycles. The molecule has 0 radical (unpaired) electrons. The Kier molecular flexibility index (Phi) is 6.26. The van der Waals surface area contributed by atoms with E-state index in [1.54, 1.807) is 6.92 Å². The van der Waals surface area contributed by atoms with Gasteiger partial charge >= 0.3 is 6.18 Å². The van der Waals surface area contributed by atoms with Crippen LogP contribution in [0.15, 0.2) is 78.9 Å². The van der Waals surface area contributed by atoms with E-state index in [1.807, 2.05) is 66.7 Å². The van der Waals surface area contributed by atoms with Crippen LogP contribution in [0.25, 0.3) is 0 Å². The van der Waals surface area contributed by atoms with E-state index in [-0.39, 0.29) is 12.4 Å². The third-order valence-corrected chi connectivity index (χ3v) is 6.08. The van der Waals surface area contributed by atoms with Crippen molar-refractivity contribution in [2.75, 3.05) is 0 Å². The highest BCUT2D eigenvalue weighted by atomic mass is 35.5. The Morgan fingerprint density at radius 2 is 1.16 bits per heavy atom. The topological polar surface area (TPSA) is 0 Å². The molecule has 0 fully saturated rings. The molecule has 3 aromatic carbocycles. The van der Waals surface area contributed by atoms with Gasteiger partial charge in [0.1, 0.15) is 0 Å². The van der Waals surface area contributed by atoms with Gasteiger partial charge in [0.2, 0.25) is 0 Å². The smallest absolute Gasteiger partial charge is 0.166 e. The van der Waals surface area contributed by atoms with Gasteiger partial charge in [-0.15, -0.1) is 12.4 Å². The first-order chi connectivity index (χ1) is 11.4. The molecular formula is C20H17ClF3P. The van der Waals surface area contributed by atoms with Crippen LogP contribution in [0.5, 0.6) is 0 Å². The second-order valence-electron chi connectivity index (χ2n) is 5.56. The summed E-state index contributed by atoms with van der Waals surface area (Å²) in [6.45, 7) is 1.71. The molecule has 0 nitrogen and oxygen atoms in total. The summed E-state index contributed by atoms with van der Waals surface area (Å²) in [7, 11) is -1.03. The van der Waals surface area contributed by atoms with Gasteiger partial charge in [0, 0.05) is 0 Å². The predicted molar refractivity (Wildman–Crippen MR) is 102 cm³/mol. The Balaban J connectivity index is 0.00000225. The predicted octanol–water partition coefficient (Wildman–Crippen LogP) is 5.19. The molecule has 0 aliphatic carbocycles. The zero-order valence-corrected chi connectivity index (χ0v) is 15.2. The van der Waals surface area contributed by atoms with Crippen LogP contribution < -0.4 is 15.9 Å². The van der Waals surface area contributed by atoms with Crippen molar-refractivity contribution in [2.45, 2.75) is 13.1 Å². The maximum atomic E-state index is 13.2. The third kappa shape index (κ3) is 4.62. The molecule has 0 heterocycles. The lowest BCUT2D eigenvalue weighted by atomic mass is 10.1. The van der Waals surface area contributed by atoms with Gasteiger partial charge in [0.15, 0.2) is 0 Å². The van der Waals surface area contributed by atoms with Crippen LogP contribution in [0.4, 0.5) is 13.2 Å². The molecule has 5 heteroatoms. The minimum atomic E-state index is -4.34. The summed E-state index contributed by atoms with van der Waals surface area (Å²) in [5.41, 5.74) is 0.0380. The van der Waals surface area contributed by atoms with Crippen molar-refractivity contribution in [3.8, 4) is 0 Å². The molecule has 0 aromatic heterocycles. The molecule has 3 rings (SSSR count). The van der Waals surface area contributed by atoms with Crippen molar-refractivity contribution in [1.82, 2.24) is 0 Å². The summed E-state index contributed by atoms with van der Waals surface area (Å²) in [5.74, 6) is 0. The van der Waals surface area contributed by atoms with Crippen molar-refractivity contribution in [3.05, 3.63) is 90.0 Å². The average molecular weight is 381 g/mol. The summed E-state index contributed by atoms with van der Waals surface area (Å²) in [4.78, 5) is 0. The Morgan fingerprint density at radius 3 is 1.60 bits per heavy atom. The molecule has 0 saturated carbocycles. The second-order valence-corrected chi connectivity index (χ2v) is 7.78. The standard InChI is InChI=1S/C20H16F3P.ClH/c1-15-12-16(20(21,22)23)14-19(13-15)24(17-8-4-2-5-9-17)18-10-6-3-7-11-18;/h2-14H,1H3;1H. The number of hydrogen-bond acceptors (Lipinski definition) is 0.